The first-order chi connectivity index (χ1) is 26.0. The van der Waals surface area contributed by atoms with Gasteiger partial charge in [-0.2, -0.15) is 0 Å². The van der Waals surface area contributed by atoms with Gasteiger partial charge in [-0.25, -0.2) is 4.21 Å². The van der Waals surface area contributed by atoms with Gasteiger partial charge in [-0.3, -0.25) is 19.0 Å². The van der Waals surface area contributed by atoms with Crippen LogP contribution in [0.1, 0.15) is 90.6 Å². The highest BCUT2D eigenvalue weighted by Crippen LogP contribution is 2.47. The Bertz CT molecular complexity index is 2040. The van der Waals surface area contributed by atoms with E-state index in [0.29, 0.717) is 43.8 Å². The smallest absolute Gasteiger partial charge is 0.286 e. The summed E-state index contributed by atoms with van der Waals surface area (Å²) in [7, 11) is -0.533. The van der Waals surface area contributed by atoms with Crippen LogP contribution in [-0.2, 0) is 33.5 Å². The maximum atomic E-state index is 14.7. The lowest BCUT2D eigenvalue weighted by Crippen LogP contribution is -2.49. The van der Waals surface area contributed by atoms with Crippen molar-refractivity contribution in [2.45, 2.75) is 76.7 Å². The number of nitrogens with one attached hydrogen (secondary N) is 1. The number of anilines is 1. The molecule has 0 saturated heterocycles. The summed E-state index contributed by atoms with van der Waals surface area (Å²) in [5.41, 5.74) is 3.46. The number of ether oxygens (including phenoxy) is 3. The molecule has 1 spiro atoms. The third kappa shape index (κ3) is 8.07. The second kappa shape index (κ2) is 16.1. The molecule has 3 heterocycles. The Hall–Kier alpha value is -3.87. The highest BCUT2D eigenvalue weighted by molar-refractivity contribution is 7.92. The number of nitrogens with zero attached hydrogens (tertiary/aromatic N) is 4. The van der Waals surface area contributed by atoms with Gasteiger partial charge >= 0.3 is 0 Å². The highest BCUT2D eigenvalue weighted by atomic mass is 35.5. The van der Waals surface area contributed by atoms with Gasteiger partial charge in [0.05, 0.1) is 31.3 Å². The summed E-state index contributed by atoms with van der Waals surface area (Å²) in [6, 6.07) is 11.6. The number of carbonyl (C=O) groups is 2. The maximum absolute atomic E-state index is 14.7. The first-order valence-corrected chi connectivity index (χ1v) is 21.3. The fraction of sp³-hybridized carbons (Fsp3) is 0.537. The van der Waals surface area contributed by atoms with Crippen molar-refractivity contribution >= 4 is 39.0 Å². The van der Waals surface area contributed by atoms with Crippen LogP contribution in [0.5, 0.6) is 11.6 Å². The van der Waals surface area contributed by atoms with Gasteiger partial charge in [0.15, 0.2) is 0 Å². The second-order valence-electron chi connectivity index (χ2n) is 15.6. The zero-order chi connectivity index (χ0) is 38.0. The number of unbranched alkanes of at least 4 members (excludes halogenated alkanes) is 1. The van der Waals surface area contributed by atoms with Crippen LogP contribution in [0.25, 0.3) is 0 Å². The molecule has 1 aromatic heterocycles. The Morgan fingerprint density at radius 2 is 2.06 bits per heavy atom. The summed E-state index contributed by atoms with van der Waals surface area (Å²) in [5.74, 6) is -0.0588. The summed E-state index contributed by atoms with van der Waals surface area (Å²) < 4.78 is 41.6. The summed E-state index contributed by atoms with van der Waals surface area (Å²) in [6.07, 6.45) is 13.5. The van der Waals surface area contributed by atoms with Crippen molar-refractivity contribution in [2.75, 3.05) is 44.1 Å². The van der Waals surface area contributed by atoms with E-state index in [9.17, 15) is 13.8 Å². The van der Waals surface area contributed by atoms with Gasteiger partial charge in [-0.15, -0.1) is 9.46 Å². The molecule has 4 aliphatic rings. The molecule has 1 fully saturated rings. The largest absolute Gasteiger partial charge is 0.490 e. The zero-order valence-corrected chi connectivity index (χ0v) is 33.3. The number of methoxy groups -OCH3 is 1. The number of rotatable bonds is 7. The van der Waals surface area contributed by atoms with Crippen molar-refractivity contribution in [3.63, 3.8) is 0 Å². The van der Waals surface area contributed by atoms with E-state index in [0.717, 1.165) is 62.2 Å². The number of halogens is 1. The molecule has 3 aromatic rings. The number of fused-ring (bicyclic) bond motifs is 4. The molecule has 2 bridgehead atoms. The Morgan fingerprint density at radius 3 is 2.83 bits per heavy atom. The van der Waals surface area contributed by atoms with E-state index in [2.05, 4.69) is 50.3 Å². The maximum Gasteiger partial charge on any atom is 0.286 e. The average molecular weight is 778 g/mol. The first kappa shape index (κ1) is 38.4. The van der Waals surface area contributed by atoms with Crippen LogP contribution >= 0.6 is 11.6 Å². The molecule has 2 aromatic carbocycles. The van der Waals surface area contributed by atoms with Crippen LogP contribution in [-0.4, -0.2) is 71.1 Å². The van der Waals surface area contributed by atoms with E-state index in [1.165, 1.54) is 29.1 Å². The molecular formula is C41H52ClN5O6S. The SMILES string of the molecule is CCCCO[C@H]1/C=C\C[C@H](C)CS(=O)(NC(=O)c2cn(C)nc2OC)=NC(=O)c2ccc3c(c2)N(C[C@@H]2CC[C@H]21)C[C@@]1(CCCc2cc(Cl)ccc21)CO3. The minimum atomic E-state index is -3.61. The van der Waals surface area contributed by atoms with Crippen molar-refractivity contribution < 1.29 is 28.0 Å². The van der Waals surface area contributed by atoms with E-state index < -0.39 is 21.7 Å². The number of carbonyl (C=O) groups excluding carboxylic acids is 2. The van der Waals surface area contributed by atoms with Crippen molar-refractivity contribution in [2.24, 2.45) is 29.2 Å². The van der Waals surface area contributed by atoms with Crippen LogP contribution < -0.4 is 19.1 Å². The number of hydrogen-bond acceptors (Lipinski definition) is 8. The average Bonchev–Trinajstić information content (AvgIpc) is 3.44. The van der Waals surface area contributed by atoms with E-state index in [1.807, 2.05) is 25.1 Å². The summed E-state index contributed by atoms with van der Waals surface area (Å²) in [5, 5.41) is 4.90. The van der Waals surface area contributed by atoms with Gasteiger partial charge in [0, 0.05) is 48.9 Å². The number of aromatic nitrogens is 2. The molecule has 2 amide bonds. The normalized spacial score (nSPS) is 28.8. The van der Waals surface area contributed by atoms with Crippen molar-refractivity contribution in [1.82, 2.24) is 14.5 Å². The highest BCUT2D eigenvalue weighted by Gasteiger charge is 2.44. The van der Waals surface area contributed by atoms with E-state index >= 15 is 0 Å². The Kier molecular flexibility index (Phi) is 11.4. The Balaban J connectivity index is 1.30. The molecule has 7 rings (SSSR count). The quantitative estimate of drug-likeness (QED) is 0.196. The van der Waals surface area contributed by atoms with Crippen LogP contribution in [0.4, 0.5) is 5.69 Å². The minimum Gasteiger partial charge on any atom is -0.490 e. The molecule has 6 atom stereocenters. The Labute approximate surface area is 324 Å². The predicted octanol–water partition coefficient (Wildman–Crippen LogP) is 7.32. The third-order valence-electron chi connectivity index (χ3n) is 11.5. The molecular weight excluding hydrogens is 726 g/mol. The summed E-state index contributed by atoms with van der Waals surface area (Å²) in [4.78, 5) is 30.1. The fourth-order valence-corrected chi connectivity index (χ4v) is 10.7. The molecule has 1 saturated carbocycles. The van der Waals surface area contributed by atoms with Gasteiger partial charge in [0.2, 0.25) is 5.88 Å². The van der Waals surface area contributed by atoms with Gasteiger partial charge in [-0.05, 0) is 104 Å². The molecule has 2 aliphatic heterocycles. The van der Waals surface area contributed by atoms with Crippen molar-refractivity contribution in [1.29, 1.82) is 0 Å². The number of hydrogen-bond donors (Lipinski definition) is 1. The van der Waals surface area contributed by atoms with E-state index in [1.54, 1.807) is 13.1 Å². The van der Waals surface area contributed by atoms with Crippen molar-refractivity contribution in [3.05, 3.63) is 82.0 Å². The lowest BCUT2D eigenvalue weighted by atomic mass is 9.68. The van der Waals surface area contributed by atoms with Crippen LogP contribution in [0.15, 0.2) is 59.1 Å². The molecule has 54 heavy (non-hydrogen) atoms. The zero-order valence-electron chi connectivity index (χ0n) is 31.7. The topological polar surface area (TPSA) is 124 Å². The molecule has 2 aliphatic carbocycles. The molecule has 1 unspecified atom stereocenters. The van der Waals surface area contributed by atoms with E-state index in [4.69, 9.17) is 25.8 Å². The number of allylic oxidation sites excluding steroid dienone is 1. The fourth-order valence-electron chi connectivity index (χ4n) is 8.63. The molecule has 11 nitrogen and oxygen atoms in total. The summed E-state index contributed by atoms with van der Waals surface area (Å²) in [6.45, 7) is 6.79. The van der Waals surface area contributed by atoms with Crippen LogP contribution in [0.2, 0.25) is 5.02 Å². The molecule has 0 radical (unpaired) electrons. The third-order valence-corrected chi connectivity index (χ3v) is 13.8. The standard InChI is InChI=1S/C41H52ClN5O6S/c1-5-6-19-52-36-11-7-9-27(2)24-54(50,45-39(49)33-23-46(3)43-40(33)51-4)44-38(48)29-13-17-37-35(21-29)47(22-30-12-15-32(30)36)25-41(26-53-37)18-8-10-28-20-31(42)14-16-34(28)41/h7,11,13-14,16-17,20-21,23,27,30,32,36H,5-6,8-10,12,15,18-19,22,24-26H2,1-4H3,(H,44,45,48,49,50)/b11-7-/t27-,30-,32+,36-,41-,54?/m0/s1. The molecule has 290 valence electrons. The van der Waals surface area contributed by atoms with Gasteiger partial charge in [0.1, 0.15) is 21.2 Å². The molecule has 1 N–H and O–H groups in total. The van der Waals surface area contributed by atoms with Gasteiger partial charge in [0.25, 0.3) is 11.8 Å². The first-order valence-electron chi connectivity index (χ1n) is 19.3. The van der Waals surface area contributed by atoms with Gasteiger partial charge < -0.3 is 19.1 Å². The summed E-state index contributed by atoms with van der Waals surface area (Å²) >= 11 is 6.49. The predicted molar refractivity (Wildman–Crippen MR) is 211 cm³/mol. The number of amides is 2. The minimum absolute atomic E-state index is 0.0308. The monoisotopic (exact) mass is 777 g/mol. The Morgan fingerprint density at radius 1 is 1.20 bits per heavy atom. The second-order valence-corrected chi connectivity index (χ2v) is 18.0. The van der Waals surface area contributed by atoms with Gasteiger partial charge in [-0.1, -0.05) is 50.1 Å². The lowest BCUT2D eigenvalue weighted by Gasteiger charge is -2.46. The van der Waals surface area contributed by atoms with E-state index in [-0.39, 0.29) is 40.2 Å². The number of aryl methyl sites for hydroxylation is 2. The molecule has 13 heteroatoms. The lowest BCUT2D eigenvalue weighted by molar-refractivity contribution is -0.0150. The van der Waals surface area contributed by atoms with Crippen LogP contribution in [0, 0.1) is 17.8 Å². The van der Waals surface area contributed by atoms with Crippen LogP contribution in [0.3, 0.4) is 0 Å². The number of benzene rings is 2. The van der Waals surface area contributed by atoms with Crippen molar-refractivity contribution in [3.8, 4) is 11.6 Å².